The van der Waals surface area contributed by atoms with Crippen molar-refractivity contribution in [3.8, 4) is 5.75 Å². The molecule has 0 aromatic heterocycles. The molecule has 5 heteroatoms. The van der Waals surface area contributed by atoms with Crippen LogP contribution < -0.4 is 15.4 Å². The van der Waals surface area contributed by atoms with Crippen LogP contribution in [0, 0.1) is 0 Å². The zero-order valence-electron chi connectivity index (χ0n) is 12.8. The van der Waals surface area contributed by atoms with E-state index in [9.17, 15) is 9.59 Å². The molecule has 3 rings (SSSR count). The van der Waals surface area contributed by atoms with Gasteiger partial charge in [0.1, 0.15) is 5.75 Å². The lowest BCUT2D eigenvalue weighted by Crippen LogP contribution is -2.20. The topological polar surface area (TPSA) is 67.4 Å². The van der Waals surface area contributed by atoms with Gasteiger partial charge in [-0.3, -0.25) is 9.59 Å². The number of benzene rings is 2. The first-order valence-electron chi connectivity index (χ1n) is 7.60. The van der Waals surface area contributed by atoms with Crippen LogP contribution in [0.3, 0.4) is 0 Å². The Morgan fingerprint density at radius 1 is 1.17 bits per heavy atom. The van der Waals surface area contributed by atoms with Crippen LogP contribution in [0.5, 0.6) is 5.75 Å². The minimum atomic E-state index is -0.436. The molecule has 5 nitrogen and oxygen atoms in total. The number of rotatable bonds is 5. The highest BCUT2D eigenvalue weighted by Gasteiger charge is 2.31. The van der Waals surface area contributed by atoms with Gasteiger partial charge in [-0.1, -0.05) is 18.2 Å². The SMILES string of the molecule is CCOc1ccc(NC(=O)CC2C(=O)Nc3ccccc32)cc1. The minimum absolute atomic E-state index is 0.121. The zero-order chi connectivity index (χ0) is 16.2. The van der Waals surface area contributed by atoms with E-state index in [4.69, 9.17) is 4.74 Å². The molecule has 2 N–H and O–H groups in total. The maximum atomic E-state index is 12.2. The smallest absolute Gasteiger partial charge is 0.232 e. The lowest BCUT2D eigenvalue weighted by Gasteiger charge is -2.10. The maximum Gasteiger partial charge on any atom is 0.232 e. The second-order valence-electron chi connectivity index (χ2n) is 5.34. The molecule has 1 unspecified atom stereocenters. The number of carbonyl (C=O) groups excluding carboxylic acids is 2. The molecule has 2 aromatic carbocycles. The van der Waals surface area contributed by atoms with Crippen LogP contribution in [0.15, 0.2) is 48.5 Å². The third-order valence-electron chi connectivity index (χ3n) is 3.75. The lowest BCUT2D eigenvalue weighted by molar-refractivity contribution is -0.122. The van der Waals surface area contributed by atoms with E-state index < -0.39 is 5.92 Å². The molecular weight excluding hydrogens is 292 g/mol. The molecule has 0 bridgehead atoms. The fraction of sp³-hybridized carbons (Fsp3) is 0.222. The first-order valence-corrected chi connectivity index (χ1v) is 7.60. The number of amides is 2. The van der Waals surface area contributed by atoms with Gasteiger partial charge in [0.15, 0.2) is 0 Å². The molecule has 0 fully saturated rings. The Balaban J connectivity index is 1.64. The Labute approximate surface area is 134 Å². The van der Waals surface area contributed by atoms with E-state index >= 15 is 0 Å². The Bertz CT molecular complexity index is 725. The fourth-order valence-electron chi connectivity index (χ4n) is 2.68. The summed E-state index contributed by atoms with van der Waals surface area (Å²) in [4.78, 5) is 24.2. The van der Waals surface area contributed by atoms with E-state index in [0.29, 0.717) is 12.3 Å². The van der Waals surface area contributed by atoms with E-state index in [-0.39, 0.29) is 18.2 Å². The van der Waals surface area contributed by atoms with Crippen molar-refractivity contribution >= 4 is 23.2 Å². The molecule has 0 saturated heterocycles. The van der Waals surface area contributed by atoms with Crippen LogP contribution >= 0.6 is 0 Å². The number of fused-ring (bicyclic) bond motifs is 1. The normalized spacial score (nSPS) is 15.7. The Hall–Kier alpha value is -2.82. The molecule has 0 radical (unpaired) electrons. The molecule has 0 saturated carbocycles. The van der Waals surface area contributed by atoms with Crippen molar-refractivity contribution in [3.05, 3.63) is 54.1 Å². The number of nitrogens with one attached hydrogen (secondary N) is 2. The van der Waals surface area contributed by atoms with Crippen molar-refractivity contribution in [3.63, 3.8) is 0 Å². The average Bonchev–Trinajstić information content (AvgIpc) is 2.85. The molecule has 2 amide bonds. The highest BCUT2D eigenvalue weighted by atomic mass is 16.5. The first kappa shape index (κ1) is 15.1. The summed E-state index contributed by atoms with van der Waals surface area (Å²) in [5.41, 5.74) is 2.35. The summed E-state index contributed by atoms with van der Waals surface area (Å²) in [7, 11) is 0. The molecule has 1 aliphatic rings. The number of carbonyl (C=O) groups is 2. The van der Waals surface area contributed by atoms with Gasteiger partial charge in [-0.15, -0.1) is 0 Å². The van der Waals surface area contributed by atoms with E-state index in [1.807, 2.05) is 31.2 Å². The van der Waals surface area contributed by atoms with Gasteiger partial charge in [0.25, 0.3) is 0 Å². The van der Waals surface area contributed by atoms with Crippen LogP contribution in [0.1, 0.15) is 24.8 Å². The molecule has 1 atom stereocenters. The summed E-state index contributed by atoms with van der Waals surface area (Å²) in [5.74, 6) is 0.00236. The monoisotopic (exact) mass is 310 g/mol. The van der Waals surface area contributed by atoms with Crippen LogP contribution in [0.2, 0.25) is 0 Å². The van der Waals surface area contributed by atoms with Crippen molar-refractivity contribution in [2.24, 2.45) is 0 Å². The predicted octanol–water partition coefficient (Wildman–Crippen LogP) is 3.15. The molecule has 0 spiro atoms. The van der Waals surface area contributed by atoms with Crippen LogP contribution in [-0.4, -0.2) is 18.4 Å². The standard InChI is InChI=1S/C18H18N2O3/c1-2-23-13-9-7-12(8-10-13)19-17(21)11-15-14-5-3-4-6-16(14)20-18(15)22/h3-10,15H,2,11H2,1H3,(H,19,21)(H,20,22). The van der Waals surface area contributed by atoms with Crippen molar-refractivity contribution in [1.29, 1.82) is 0 Å². The van der Waals surface area contributed by atoms with Crippen molar-refractivity contribution < 1.29 is 14.3 Å². The largest absolute Gasteiger partial charge is 0.494 e. The molecule has 118 valence electrons. The van der Waals surface area contributed by atoms with Gasteiger partial charge in [0.05, 0.1) is 12.5 Å². The summed E-state index contributed by atoms with van der Waals surface area (Å²) in [6.45, 7) is 2.52. The summed E-state index contributed by atoms with van der Waals surface area (Å²) in [6.07, 6.45) is 0.121. The Morgan fingerprint density at radius 3 is 2.65 bits per heavy atom. The van der Waals surface area contributed by atoms with Crippen LogP contribution in [-0.2, 0) is 9.59 Å². The van der Waals surface area contributed by atoms with Crippen molar-refractivity contribution in [2.45, 2.75) is 19.3 Å². The van der Waals surface area contributed by atoms with E-state index in [1.54, 1.807) is 24.3 Å². The highest BCUT2D eigenvalue weighted by molar-refractivity contribution is 6.06. The molecular formula is C18H18N2O3. The van der Waals surface area contributed by atoms with Crippen molar-refractivity contribution in [1.82, 2.24) is 0 Å². The Morgan fingerprint density at radius 2 is 1.91 bits per heavy atom. The van der Waals surface area contributed by atoms with Gasteiger partial charge >= 0.3 is 0 Å². The third-order valence-corrected chi connectivity index (χ3v) is 3.75. The lowest BCUT2D eigenvalue weighted by atomic mass is 9.97. The van der Waals surface area contributed by atoms with Gasteiger partial charge in [-0.2, -0.15) is 0 Å². The number of hydrogen-bond acceptors (Lipinski definition) is 3. The highest BCUT2D eigenvalue weighted by Crippen LogP contribution is 2.34. The summed E-state index contributed by atoms with van der Waals surface area (Å²) in [6, 6.07) is 14.6. The van der Waals surface area contributed by atoms with E-state index in [2.05, 4.69) is 10.6 Å². The van der Waals surface area contributed by atoms with Gasteiger partial charge in [0, 0.05) is 17.8 Å². The number of para-hydroxylation sites is 1. The minimum Gasteiger partial charge on any atom is -0.494 e. The second-order valence-corrected chi connectivity index (χ2v) is 5.34. The number of hydrogen-bond donors (Lipinski definition) is 2. The summed E-state index contributed by atoms with van der Waals surface area (Å²) >= 11 is 0. The predicted molar refractivity (Wildman–Crippen MR) is 88.7 cm³/mol. The fourth-order valence-corrected chi connectivity index (χ4v) is 2.68. The molecule has 1 aliphatic heterocycles. The van der Waals surface area contributed by atoms with Gasteiger partial charge < -0.3 is 15.4 Å². The Kier molecular flexibility index (Phi) is 4.28. The molecule has 0 aliphatic carbocycles. The van der Waals surface area contributed by atoms with Gasteiger partial charge in [-0.05, 0) is 42.8 Å². The van der Waals surface area contributed by atoms with E-state index in [0.717, 1.165) is 17.0 Å². The summed E-state index contributed by atoms with van der Waals surface area (Å²) in [5, 5.41) is 5.62. The molecule has 1 heterocycles. The third kappa shape index (κ3) is 3.34. The van der Waals surface area contributed by atoms with Gasteiger partial charge in [-0.25, -0.2) is 0 Å². The molecule has 23 heavy (non-hydrogen) atoms. The summed E-state index contributed by atoms with van der Waals surface area (Å²) < 4.78 is 5.36. The molecule has 2 aromatic rings. The second kappa shape index (κ2) is 6.52. The van der Waals surface area contributed by atoms with Crippen LogP contribution in [0.4, 0.5) is 11.4 Å². The quantitative estimate of drug-likeness (QED) is 0.891. The van der Waals surface area contributed by atoms with Gasteiger partial charge in [0.2, 0.25) is 11.8 Å². The number of anilines is 2. The van der Waals surface area contributed by atoms with Crippen LogP contribution in [0.25, 0.3) is 0 Å². The number of ether oxygens (including phenoxy) is 1. The van der Waals surface area contributed by atoms with Crippen molar-refractivity contribution in [2.75, 3.05) is 17.2 Å². The average molecular weight is 310 g/mol. The zero-order valence-corrected chi connectivity index (χ0v) is 12.8. The van der Waals surface area contributed by atoms with E-state index in [1.165, 1.54) is 0 Å². The maximum absolute atomic E-state index is 12.2. The first-order chi connectivity index (χ1) is 11.2.